The number of rotatable bonds is 6. The molecule has 1 amide bonds. The second kappa shape index (κ2) is 7.93. The van der Waals surface area contributed by atoms with Crippen molar-refractivity contribution in [1.29, 1.82) is 0 Å². The Labute approximate surface area is 103 Å². The lowest BCUT2D eigenvalue weighted by molar-refractivity contribution is -0.103. The van der Waals surface area contributed by atoms with Crippen LogP contribution < -0.4 is 5.32 Å². The molecule has 0 aliphatic carbocycles. The molecule has 1 N–H and O–H groups in total. The number of hydrogen-bond acceptors (Lipinski definition) is 4. The summed E-state index contributed by atoms with van der Waals surface area (Å²) in [6, 6.07) is 0. The third-order valence-electron chi connectivity index (χ3n) is 1.52. The number of terminal acetylenes is 1. The molecule has 0 spiro atoms. The third-order valence-corrected chi connectivity index (χ3v) is 1.52. The van der Waals surface area contributed by atoms with Gasteiger partial charge in [-0.1, -0.05) is 5.92 Å². The molecular formula is C12H21NO4. The van der Waals surface area contributed by atoms with Gasteiger partial charge < -0.3 is 19.5 Å². The maximum atomic E-state index is 11.3. The van der Waals surface area contributed by atoms with Crippen LogP contribution in [0.5, 0.6) is 0 Å². The first kappa shape index (κ1) is 15.8. The standard InChI is InChI=1S/C12H21NO4/c1-6-7-15-8-9-16-10(2)17-11(14)13-12(3,4)5/h1,10H,7-9H2,2-5H3,(H,13,14). The van der Waals surface area contributed by atoms with Crippen LogP contribution in [0.2, 0.25) is 0 Å². The van der Waals surface area contributed by atoms with Crippen molar-refractivity contribution in [3.8, 4) is 12.3 Å². The fourth-order valence-electron chi connectivity index (χ4n) is 0.925. The molecule has 0 bridgehead atoms. The van der Waals surface area contributed by atoms with Gasteiger partial charge >= 0.3 is 6.09 Å². The van der Waals surface area contributed by atoms with Crippen molar-refractivity contribution >= 4 is 6.09 Å². The van der Waals surface area contributed by atoms with Crippen LogP contribution in [0.15, 0.2) is 0 Å². The first-order chi connectivity index (χ1) is 7.85. The molecule has 1 atom stereocenters. The molecule has 0 rings (SSSR count). The van der Waals surface area contributed by atoms with E-state index < -0.39 is 12.4 Å². The number of carbonyl (C=O) groups is 1. The Bertz CT molecular complexity index is 265. The van der Waals surface area contributed by atoms with E-state index in [0.29, 0.717) is 13.2 Å². The van der Waals surface area contributed by atoms with E-state index in [1.165, 1.54) is 0 Å². The minimum Gasteiger partial charge on any atom is -0.420 e. The van der Waals surface area contributed by atoms with Crippen LogP contribution in [0, 0.1) is 12.3 Å². The molecule has 98 valence electrons. The number of carbonyl (C=O) groups excluding carboxylic acids is 1. The van der Waals surface area contributed by atoms with E-state index in [2.05, 4.69) is 11.2 Å². The van der Waals surface area contributed by atoms with Gasteiger partial charge in [0.05, 0.1) is 13.2 Å². The van der Waals surface area contributed by atoms with Gasteiger partial charge in [0.15, 0.2) is 0 Å². The van der Waals surface area contributed by atoms with Crippen molar-refractivity contribution in [3.63, 3.8) is 0 Å². The highest BCUT2D eigenvalue weighted by Crippen LogP contribution is 2.01. The van der Waals surface area contributed by atoms with E-state index in [-0.39, 0.29) is 12.1 Å². The zero-order chi connectivity index (χ0) is 13.3. The summed E-state index contributed by atoms with van der Waals surface area (Å²) in [5.74, 6) is 2.34. The lowest BCUT2D eigenvalue weighted by Gasteiger charge is -2.22. The van der Waals surface area contributed by atoms with Gasteiger partial charge in [0, 0.05) is 5.54 Å². The van der Waals surface area contributed by atoms with Gasteiger partial charge in [-0.15, -0.1) is 6.42 Å². The second-order valence-electron chi connectivity index (χ2n) is 4.48. The monoisotopic (exact) mass is 243 g/mol. The number of ether oxygens (including phenoxy) is 3. The zero-order valence-corrected chi connectivity index (χ0v) is 10.9. The second-order valence-corrected chi connectivity index (χ2v) is 4.48. The first-order valence-corrected chi connectivity index (χ1v) is 5.47. The van der Waals surface area contributed by atoms with E-state index in [9.17, 15) is 4.79 Å². The Hall–Kier alpha value is -1.25. The summed E-state index contributed by atoms with van der Waals surface area (Å²) in [7, 11) is 0. The summed E-state index contributed by atoms with van der Waals surface area (Å²) in [6.07, 6.45) is 3.88. The highest BCUT2D eigenvalue weighted by atomic mass is 16.7. The summed E-state index contributed by atoms with van der Waals surface area (Å²) in [5.41, 5.74) is -0.327. The largest absolute Gasteiger partial charge is 0.420 e. The summed E-state index contributed by atoms with van der Waals surface area (Å²) >= 11 is 0. The van der Waals surface area contributed by atoms with Gasteiger partial charge in [-0.3, -0.25) is 0 Å². The molecule has 0 aromatic rings. The average Bonchev–Trinajstić information content (AvgIpc) is 2.14. The highest BCUT2D eigenvalue weighted by molar-refractivity contribution is 5.68. The minimum atomic E-state index is -0.619. The Morgan fingerprint density at radius 3 is 2.59 bits per heavy atom. The fraction of sp³-hybridized carbons (Fsp3) is 0.750. The zero-order valence-electron chi connectivity index (χ0n) is 10.9. The lowest BCUT2D eigenvalue weighted by Crippen LogP contribution is -2.42. The van der Waals surface area contributed by atoms with E-state index in [1.807, 2.05) is 20.8 Å². The van der Waals surface area contributed by atoms with Crippen LogP contribution in [0.1, 0.15) is 27.7 Å². The average molecular weight is 243 g/mol. The van der Waals surface area contributed by atoms with Crippen LogP contribution >= 0.6 is 0 Å². The molecule has 0 aliphatic rings. The van der Waals surface area contributed by atoms with Gasteiger partial charge in [-0.05, 0) is 27.7 Å². The normalized spacial score (nSPS) is 12.6. The van der Waals surface area contributed by atoms with Gasteiger partial charge in [0.2, 0.25) is 6.29 Å². The fourth-order valence-corrected chi connectivity index (χ4v) is 0.925. The molecule has 0 fully saturated rings. The van der Waals surface area contributed by atoms with Crippen molar-refractivity contribution in [3.05, 3.63) is 0 Å². The lowest BCUT2D eigenvalue weighted by atomic mass is 10.1. The topological polar surface area (TPSA) is 56.8 Å². The third kappa shape index (κ3) is 11.0. The van der Waals surface area contributed by atoms with Crippen LogP contribution in [0.4, 0.5) is 4.79 Å². The van der Waals surface area contributed by atoms with Crippen molar-refractivity contribution in [1.82, 2.24) is 5.32 Å². The van der Waals surface area contributed by atoms with E-state index in [1.54, 1.807) is 6.92 Å². The molecule has 0 aliphatic heterocycles. The van der Waals surface area contributed by atoms with Crippen LogP contribution in [0.3, 0.4) is 0 Å². The molecule has 17 heavy (non-hydrogen) atoms. The summed E-state index contributed by atoms with van der Waals surface area (Å²) < 4.78 is 15.2. The Morgan fingerprint density at radius 2 is 2.06 bits per heavy atom. The minimum absolute atomic E-state index is 0.253. The molecule has 0 heterocycles. The number of alkyl carbamates (subject to hydrolysis) is 1. The molecule has 1 unspecified atom stereocenters. The van der Waals surface area contributed by atoms with Crippen LogP contribution in [-0.4, -0.2) is 37.7 Å². The summed E-state index contributed by atoms with van der Waals surface area (Å²) in [4.78, 5) is 11.3. The van der Waals surface area contributed by atoms with Gasteiger partial charge in [0.1, 0.15) is 6.61 Å². The first-order valence-electron chi connectivity index (χ1n) is 5.47. The molecule has 0 aromatic heterocycles. The Kier molecular flexibility index (Phi) is 7.35. The quantitative estimate of drug-likeness (QED) is 0.436. The van der Waals surface area contributed by atoms with Gasteiger partial charge in [-0.2, -0.15) is 0 Å². The molecule has 5 nitrogen and oxygen atoms in total. The Morgan fingerprint density at radius 1 is 1.41 bits per heavy atom. The molecule has 0 radical (unpaired) electrons. The maximum Gasteiger partial charge on any atom is 0.409 e. The number of hydrogen-bond donors (Lipinski definition) is 1. The van der Waals surface area contributed by atoms with Crippen molar-refractivity contribution in [2.45, 2.75) is 39.5 Å². The maximum absolute atomic E-state index is 11.3. The molecule has 0 saturated carbocycles. The summed E-state index contributed by atoms with van der Waals surface area (Å²) in [5, 5.41) is 2.66. The number of nitrogens with one attached hydrogen (secondary N) is 1. The Balaban J connectivity index is 3.62. The summed E-state index contributed by atoms with van der Waals surface area (Å²) in [6.45, 7) is 8.20. The predicted octanol–water partition coefficient (Wildman–Crippen LogP) is 1.52. The van der Waals surface area contributed by atoms with E-state index >= 15 is 0 Å². The molecule has 0 aromatic carbocycles. The van der Waals surface area contributed by atoms with Crippen LogP contribution in [-0.2, 0) is 14.2 Å². The number of amides is 1. The van der Waals surface area contributed by atoms with E-state index in [4.69, 9.17) is 20.6 Å². The van der Waals surface area contributed by atoms with Gasteiger partial charge in [0.25, 0.3) is 0 Å². The molecule has 5 heteroatoms. The molecule has 0 saturated heterocycles. The highest BCUT2D eigenvalue weighted by Gasteiger charge is 2.16. The molecular weight excluding hydrogens is 222 g/mol. The SMILES string of the molecule is C#CCOCCOC(C)OC(=O)NC(C)(C)C. The van der Waals surface area contributed by atoms with Crippen molar-refractivity contribution in [2.75, 3.05) is 19.8 Å². The van der Waals surface area contributed by atoms with Gasteiger partial charge in [-0.25, -0.2) is 4.79 Å². The van der Waals surface area contributed by atoms with Crippen LogP contribution in [0.25, 0.3) is 0 Å². The smallest absolute Gasteiger partial charge is 0.409 e. The van der Waals surface area contributed by atoms with Crippen molar-refractivity contribution in [2.24, 2.45) is 0 Å². The van der Waals surface area contributed by atoms with Crippen molar-refractivity contribution < 1.29 is 19.0 Å². The van der Waals surface area contributed by atoms with E-state index in [0.717, 1.165) is 0 Å². The predicted molar refractivity (Wildman–Crippen MR) is 64.4 cm³/mol.